The summed E-state index contributed by atoms with van der Waals surface area (Å²) >= 11 is 1.12. The predicted octanol–water partition coefficient (Wildman–Crippen LogP) is 3.74. The lowest BCUT2D eigenvalue weighted by atomic mass is 10.1. The van der Waals surface area contributed by atoms with Gasteiger partial charge >= 0.3 is 6.03 Å². The number of halogens is 2. The summed E-state index contributed by atoms with van der Waals surface area (Å²) in [5.74, 6) is -2.07. The minimum atomic E-state index is -3.65. The molecule has 2 aromatic carbocycles. The molecule has 0 bridgehead atoms. The van der Waals surface area contributed by atoms with Gasteiger partial charge in [-0.3, -0.25) is 10.0 Å². The molecule has 2 amide bonds. The van der Waals surface area contributed by atoms with Crippen molar-refractivity contribution in [1.82, 2.24) is 4.98 Å². The van der Waals surface area contributed by atoms with Crippen molar-refractivity contribution in [1.29, 1.82) is 0 Å². The number of aromatic nitrogens is 1. The van der Waals surface area contributed by atoms with E-state index in [0.29, 0.717) is 17.3 Å². The Kier molecular flexibility index (Phi) is 5.66. The van der Waals surface area contributed by atoms with Crippen LogP contribution in [0.5, 0.6) is 11.5 Å². The molecule has 0 radical (unpaired) electrons. The Labute approximate surface area is 168 Å². The minimum absolute atomic E-state index is 0.0316. The largest absolute Gasteiger partial charge is 0.452 e. The number of anilines is 2. The fourth-order valence-electron chi connectivity index (χ4n) is 2.30. The first-order chi connectivity index (χ1) is 13.6. The van der Waals surface area contributed by atoms with Crippen LogP contribution < -0.4 is 20.5 Å². The number of thiazole rings is 1. The van der Waals surface area contributed by atoms with Gasteiger partial charge in [0.15, 0.2) is 22.4 Å². The third-order valence-corrected chi connectivity index (χ3v) is 4.77. The average molecular weight is 440 g/mol. The van der Waals surface area contributed by atoms with Crippen LogP contribution in [0.15, 0.2) is 41.8 Å². The van der Waals surface area contributed by atoms with Gasteiger partial charge in [0.05, 0.1) is 17.6 Å². The fourth-order valence-corrected chi connectivity index (χ4v) is 3.59. The maximum Gasteiger partial charge on any atom is 0.318 e. The van der Waals surface area contributed by atoms with Gasteiger partial charge in [-0.15, -0.1) is 11.3 Å². The number of hydrogen-bond donors (Lipinski definition) is 3. The van der Waals surface area contributed by atoms with E-state index in [2.05, 4.69) is 15.0 Å². The molecule has 0 saturated heterocycles. The predicted molar refractivity (Wildman–Crippen MR) is 106 cm³/mol. The lowest BCUT2D eigenvalue weighted by molar-refractivity contribution is 0.259. The maximum atomic E-state index is 14.0. The van der Waals surface area contributed by atoms with E-state index in [-0.39, 0.29) is 22.3 Å². The second-order valence-corrected chi connectivity index (χ2v) is 8.40. The molecule has 1 aromatic heterocycles. The molecule has 12 heteroatoms. The van der Waals surface area contributed by atoms with Gasteiger partial charge in [-0.1, -0.05) is 6.07 Å². The molecule has 0 aliphatic heterocycles. The topological polar surface area (TPSA) is 123 Å². The number of nitrogens with two attached hydrogens (primary N) is 1. The molecular weight excluding hydrogens is 426 g/mol. The zero-order valence-electron chi connectivity index (χ0n) is 14.8. The van der Waals surface area contributed by atoms with Crippen LogP contribution in [0.2, 0.25) is 0 Å². The Morgan fingerprint density at radius 2 is 1.93 bits per heavy atom. The molecule has 1 heterocycles. The molecule has 0 fully saturated rings. The van der Waals surface area contributed by atoms with Gasteiger partial charge in [0.1, 0.15) is 5.82 Å². The van der Waals surface area contributed by atoms with Gasteiger partial charge in [0, 0.05) is 17.0 Å². The number of sulfonamides is 1. The van der Waals surface area contributed by atoms with Crippen LogP contribution in [0.3, 0.4) is 0 Å². The van der Waals surface area contributed by atoms with E-state index < -0.39 is 27.7 Å². The van der Waals surface area contributed by atoms with Crippen molar-refractivity contribution in [3.05, 3.63) is 53.4 Å². The van der Waals surface area contributed by atoms with Crippen LogP contribution in [0.4, 0.5) is 24.4 Å². The lowest BCUT2D eigenvalue weighted by Crippen LogP contribution is -2.18. The van der Waals surface area contributed by atoms with E-state index in [1.54, 1.807) is 11.4 Å². The number of nitrogens with one attached hydrogen (secondary N) is 2. The smallest absolute Gasteiger partial charge is 0.318 e. The Morgan fingerprint density at radius 1 is 1.17 bits per heavy atom. The molecule has 0 unspecified atom stereocenters. The van der Waals surface area contributed by atoms with E-state index in [1.807, 2.05) is 0 Å². The number of carbonyl (C=O) groups excluding carboxylic acids is 1. The van der Waals surface area contributed by atoms with Crippen molar-refractivity contribution in [3.63, 3.8) is 0 Å². The van der Waals surface area contributed by atoms with Crippen LogP contribution in [0, 0.1) is 11.6 Å². The van der Waals surface area contributed by atoms with Crippen LogP contribution in [-0.4, -0.2) is 25.7 Å². The lowest BCUT2D eigenvalue weighted by Gasteiger charge is -2.14. The molecule has 3 rings (SSSR count). The Morgan fingerprint density at radius 3 is 2.59 bits per heavy atom. The zero-order chi connectivity index (χ0) is 21.2. The Balaban J connectivity index is 2.01. The number of amides is 2. The number of ether oxygens (including phenoxy) is 1. The number of carbonyl (C=O) groups is 1. The first-order valence-electron chi connectivity index (χ1n) is 7.88. The van der Waals surface area contributed by atoms with Crippen molar-refractivity contribution in [2.24, 2.45) is 5.73 Å². The third kappa shape index (κ3) is 5.39. The molecule has 152 valence electrons. The van der Waals surface area contributed by atoms with Crippen LogP contribution in [0.1, 0.15) is 0 Å². The number of hydrogen-bond acceptors (Lipinski definition) is 6. The maximum absolute atomic E-state index is 14.0. The van der Waals surface area contributed by atoms with Crippen LogP contribution in [0.25, 0.3) is 11.3 Å². The summed E-state index contributed by atoms with van der Waals surface area (Å²) in [4.78, 5) is 15.1. The summed E-state index contributed by atoms with van der Waals surface area (Å²) in [5.41, 5.74) is 6.04. The zero-order valence-corrected chi connectivity index (χ0v) is 16.4. The molecular formula is C17H14F2N4O4S2. The molecule has 0 saturated carbocycles. The van der Waals surface area contributed by atoms with Crippen molar-refractivity contribution < 1.29 is 26.7 Å². The molecule has 0 aliphatic rings. The molecule has 29 heavy (non-hydrogen) atoms. The average Bonchev–Trinajstić information content (AvgIpc) is 3.05. The molecule has 8 nitrogen and oxygen atoms in total. The van der Waals surface area contributed by atoms with Gasteiger partial charge in [-0.2, -0.15) is 0 Å². The van der Waals surface area contributed by atoms with Crippen molar-refractivity contribution >= 4 is 38.2 Å². The van der Waals surface area contributed by atoms with Crippen molar-refractivity contribution in [2.45, 2.75) is 0 Å². The summed E-state index contributed by atoms with van der Waals surface area (Å²) in [6.45, 7) is 0. The van der Waals surface area contributed by atoms with Crippen LogP contribution in [-0.2, 0) is 10.0 Å². The van der Waals surface area contributed by atoms with Crippen molar-refractivity contribution in [2.75, 3.05) is 16.3 Å². The highest BCUT2D eigenvalue weighted by Crippen LogP contribution is 2.36. The highest BCUT2D eigenvalue weighted by Gasteiger charge is 2.15. The number of primary amides is 1. The number of urea groups is 1. The summed E-state index contributed by atoms with van der Waals surface area (Å²) in [7, 11) is -3.65. The summed E-state index contributed by atoms with van der Waals surface area (Å²) in [5, 5.41) is 4.24. The highest BCUT2D eigenvalue weighted by molar-refractivity contribution is 7.92. The SMILES string of the molecule is CS(=O)(=O)Nc1ccc(-c2csc(NC(N)=O)n2)cc1Oc1ccc(F)cc1F. The number of benzene rings is 2. The first-order valence-corrected chi connectivity index (χ1v) is 10.6. The normalized spacial score (nSPS) is 11.1. The second kappa shape index (κ2) is 8.01. The first kappa shape index (κ1) is 20.5. The monoisotopic (exact) mass is 440 g/mol. The Hall–Kier alpha value is -3.25. The molecule has 4 N–H and O–H groups in total. The van der Waals surface area contributed by atoms with E-state index in [9.17, 15) is 22.0 Å². The Bertz CT molecular complexity index is 1180. The number of nitrogens with zero attached hydrogens (tertiary/aromatic N) is 1. The fraction of sp³-hybridized carbons (Fsp3) is 0.0588. The van der Waals surface area contributed by atoms with E-state index >= 15 is 0 Å². The van der Waals surface area contributed by atoms with E-state index in [4.69, 9.17) is 10.5 Å². The molecule has 0 aliphatic carbocycles. The van der Waals surface area contributed by atoms with E-state index in [0.717, 1.165) is 29.7 Å². The van der Waals surface area contributed by atoms with Gasteiger partial charge in [-0.05, 0) is 24.3 Å². The third-order valence-electron chi connectivity index (χ3n) is 3.42. The van der Waals surface area contributed by atoms with Gasteiger partial charge in [0.25, 0.3) is 0 Å². The van der Waals surface area contributed by atoms with Gasteiger partial charge in [-0.25, -0.2) is 27.0 Å². The summed E-state index contributed by atoms with van der Waals surface area (Å²) in [6, 6.07) is 6.37. The van der Waals surface area contributed by atoms with Gasteiger partial charge < -0.3 is 10.5 Å². The van der Waals surface area contributed by atoms with Crippen LogP contribution >= 0.6 is 11.3 Å². The molecule has 3 aromatic rings. The quantitative estimate of drug-likeness (QED) is 0.539. The standard InChI is InChI=1S/C17H14F2N4O4S2/c1-29(25,26)23-12-4-2-9(13-8-28-17(21-13)22-16(20)24)6-15(12)27-14-5-3-10(18)7-11(14)19/h2-8,23H,1H3,(H3,20,21,22,24). The summed E-state index contributed by atoms with van der Waals surface area (Å²) in [6.07, 6.45) is 0.950. The minimum Gasteiger partial charge on any atom is -0.452 e. The van der Waals surface area contributed by atoms with Crippen molar-refractivity contribution in [3.8, 4) is 22.8 Å². The van der Waals surface area contributed by atoms with Gasteiger partial charge in [0.2, 0.25) is 10.0 Å². The molecule has 0 atom stereocenters. The number of rotatable bonds is 6. The highest BCUT2D eigenvalue weighted by atomic mass is 32.2. The van der Waals surface area contributed by atoms with E-state index in [1.165, 1.54) is 12.1 Å². The second-order valence-electron chi connectivity index (χ2n) is 5.79. The molecule has 0 spiro atoms. The summed E-state index contributed by atoms with van der Waals surface area (Å²) < 4.78 is 58.1.